The van der Waals surface area contributed by atoms with Gasteiger partial charge >= 0.3 is 0 Å². The number of carbonyl (C=O) groups is 1. The molecule has 1 aliphatic rings. The van der Waals surface area contributed by atoms with Crippen molar-refractivity contribution in [3.8, 4) is 0 Å². The van der Waals surface area contributed by atoms with Crippen LogP contribution in [0.5, 0.6) is 0 Å². The molecule has 146 valence electrons. The summed E-state index contributed by atoms with van der Waals surface area (Å²) < 4.78 is 31.5. The third kappa shape index (κ3) is 6.37. The molecule has 1 saturated carbocycles. The number of nitrogens with one attached hydrogen (secondary N) is 2. The molecule has 26 heavy (non-hydrogen) atoms. The Balaban J connectivity index is 1.65. The highest BCUT2D eigenvalue weighted by atomic mass is 32.2. The Morgan fingerprint density at radius 2 is 1.88 bits per heavy atom. The van der Waals surface area contributed by atoms with Gasteiger partial charge < -0.3 is 10.1 Å². The van der Waals surface area contributed by atoms with E-state index in [9.17, 15) is 13.2 Å². The largest absolute Gasteiger partial charge is 0.376 e. The molecule has 0 aliphatic heterocycles. The van der Waals surface area contributed by atoms with Crippen LogP contribution in [-0.2, 0) is 26.0 Å². The zero-order valence-corrected chi connectivity index (χ0v) is 16.5. The minimum absolute atomic E-state index is 0.0165. The van der Waals surface area contributed by atoms with Gasteiger partial charge in [0.25, 0.3) is 0 Å². The van der Waals surface area contributed by atoms with Gasteiger partial charge in [0, 0.05) is 13.0 Å². The van der Waals surface area contributed by atoms with Crippen LogP contribution in [0.1, 0.15) is 44.6 Å². The highest BCUT2D eigenvalue weighted by Crippen LogP contribution is 2.25. The van der Waals surface area contributed by atoms with Crippen LogP contribution in [0.25, 0.3) is 0 Å². The van der Waals surface area contributed by atoms with E-state index in [1.54, 1.807) is 24.3 Å². The molecule has 0 radical (unpaired) electrons. The van der Waals surface area contributed by atoms with Gasteiger partial charge in [-0.3, -0.25) is 4.79 Å². The number of benzene rings is 1. The first-order valence-electron chi connectivity index (χ1n) is 9.33. The Labute approximate surface area is 156 Å². The fourth-order valence-electron chi connectivity index (χ4n) is 3.23. The minimum atomic E-state index is -3.42. The monoisotopic (exact) mass is 382 g/mol. The zero-order chi connectivity index (χ0) is 19.0. The first-order valence-corrected chi connectivity index (χ1v) is 10.8. The molecule has 0 aromatic heterocycles. The number of hydrogen-bond acceptors (Lipinski definition) is 4. The van der Waals surface area contributed by atoms with Gasteiger partial charge in [0.15, 0.2) is 0 Å². The quantitative estimate of drug-likeness (QED) is 0.642. The second-order valence-electron chi connectivity index (χ2n) is 6.87. The standard InChI is InChI=1S/C19H30N2O4S/c1-15-5-3-4-6-18(15)25-14-13-21-19(22)12-9-16-7-10-17(11-8-16)26(23,24)20-2/h7-8,10-11,15,18,20H,3-6,9,12-14H2,1-2H3,(H,21,22). The van der Waals surface area contributed by atoms with Crippen molar-refractivity contribution < 1.29 is 17.9 Å². The van der Waals surface area contributed by atoms with Crippen LogP contribution < -0.4 is 10.0 Å². The molecule has 0 saturated heterocycles. The van der Waals surface area contributed by atoms with Crippen molar-refractivity contribution >= 4 is 15.9 Å². The molecule has 2 atom stereocenters. The molecular formula is C19H30N2O4S. The van der Waals surface area contributed by atoms with Crippen LogP contribution in [0, 0.1) is 5.92 Å². The third-order valence-electron chi connectivity index (χ3n) is 4.93. The second-order valence-corrected chi connectivity index (χ2v) is 8.76. The summed E-state index contributed by atoms with van der Waals surface area (Å²) in [6.45, 7) is 3.31. The SMILES string of the molecule is CNS(=O)(=O)c1ccc(CCC(=O)NCCOC2CCCCC2C)cc1. The Bertz CT molecular complexity index is 673. The smallest absolute Gasteiger partial charge is 0.240 e. The molecule has 1 aliphatic carbocycles. The first-order chi connectivity index (χ1) is 12.4. The summed E-state index contributed by atoms with van der Waals surface area (Å²) in [7, 11) is -2.04. The van der Waals surface area contributed by atoms with E-state index in [0.717, 1.165) is 12.0 Å². The van der Waals surface area contributed by atoms with Gasteiger partial charge in [-0.25, -0.2) is 13.1 Å². The van der Waals surface area contributed by atoms with Gasteiger partial charge in [-0.05, 0) is 49.9 Å². The molecule has 1 aromatic carbocycles. The first kappa shape index (κ1) is 20.9. The van der Waals surface area contributed by atoms with Gasteiger partial charge in [-0.1, -0.05) is 31.9 Å². The molecule has 1 amide bonds. The predicted molar refractivity (Wildman–Crippen MR) is 101 cm³/mol. The maximum Gasteiger partial charge on any atom is 0.240 e. The van der Waals surface area contributed by atoms with E-state index < -0.39 is 10.0 Å². The van der Waals surface area contributed by atoms with E-state index >= 15 is 0 Å². The lowest BCUT2D eigenvalue weighted by Crippen LogP contribution is -2.31. The molecule has 2 rings (SSSR count). The van der Waals surface area contributed by atoms with Crippen molar-refractivity contribution in [3.05, 3.63) is 29.8 Å². The maximum atomic E-state index is 11.9. The summed E-state index contributed by atoms with van der Waals surface area (Å²) >= 11 is 0. The summed E-state index contributed by atoms with van der Waals surface area (Å²) in [6.07, 6.45) is 6.15. The number of aryl methyl sites for hydroxylation is 1. The average molecular weight is 383 g/mol. The molecule has 0 bridgehead atoms. The van der Waals surface area contributed by atoms with E-state index in [2.05, 4.69) is 17.0 Å². The molecule has 2 N–H and O–H groups in total. The van der Waals surface area contributed by atoms with Crippen LogP contribution in [0.2, 0.25) is 0 Å². The summed E-state index contributed by atoms with van der Waals surface area (Å²) in [5, 5.41) is 2.88. The van der Waals surface area contributed by atoms with Gasteiger partial charge in [0.05, 0.1) is 17.6 Å². The molecule has 7 heteroatoms. The van der Waals surface area contributed by atoms with Gasteiger partial charge in [0.1, 0.15) is 0 Å². The maximum absolute atomic E-state index is 11.9. The average Bonchev–Trinajstić information content (AvgIpc) is 2.65. The van der Waals surface area contributed by atoms with Crippen LogP contribution >= 0.6 is 0 Å². The Kier molecular flexibility index (Phi) is 8.06. The summed E-state index contributed by atoms with van der Waals surface area (Å²) in [5.74, 6) is 0.589. The van der Waals surface area contributed by atoms with Crippen molar-refractivity contribution in [1.29, 1.82) is 0 Å². The lowest BCUT2D eigenvalue weighted by atomic mass is 9.88. The molecule has 1 aromatic rings. The Morgan fingerprint density at radius 1 is 1.19 bits per heavy atom. The number of rotatable bonds is 9. The molecule has 6 nitrogen and oxygen atoms in total. The van der Waals surface area contributed by atoms with Crippen molar-refractivity contribution in [1.82, 2.24) is 10.0 Å². The summed E-state index contributed by atoms with van der Waals surface area (Å²) in [5.41, 5.74) is 0.933. The number of amides is 1. The molecule has 2 unspecified atom stereocenters. The Morgan fingerprint density at radius 3 is 2.54 bits per heavy atom. The predicted octanol–water partition coefficient (Wildman–Crippen LogP) is 2.24. The van der Waals surface area contributed by atoms with Gasteiger partial charge in [-0.2, -0.15) is 0 Å². The van der Waals surface area contributed by atoms with E-state index in [-0.39, 0.29) is 10.8 Å². The highest BCUT2D eigenvalue weighted by molar-refractivity contribution is 7.89. The van der Waals surface area contributed by atoms with Crippen molar-refractivity contribution in [2.24, 2.45) is 5.92 Å². The molecular weight excluding hydrogens is 352 g/mol. The van der Waals surface area contributed by atoms with E-state index in [0.29, 0.717) is 38.0 Å². The van der Waals surface area contributed by atoms with Crippen molar-refractivity contribution in [3.63, 3.8) is 0 Å². The number of sulfonamides is 1. The van der Waals surface area contributed by atoms with Crippen molar-refractivity contribution in [2.45, 2.75) is 56.4 Å². The fraction of sp³-hybridized carbons (Fsp3) is 0.632. The topological polar surface area (TPSA) is 84.5 Å². The molecule has 0 heterocycles. The molecule has 0 spiro atoms. The van der Waals surface area contributed by atoms with Crippen LogP contribution in [0.4, 0.5) is 0 Å². The van der Waals surface area contributed by atoms with Gasteiger partial charge in [-0.15, -0.1) is 0 Å². The Hall–Kier alpha value is -1.44. The van der Waals surface area contributed by atoms with E-state index in [1.165, 1.54) is 26.3 Å². The fourth-order valence-corrected chi connectivity index (χ4v) is 3.96. The van der Waals surface area contributed by atoms with Crippen LogP contribution in [0.15, 0.2) is 29.2 Å². The lowest BCUT2D eigenvalue weighted by Gasteiger charge is -2.28. The number of ether oxygens (including phenoxy) is 1. The normalized spacial score (nSPS) is 20.7. The van der Waals surface area contributed by atoms with Crippen molar-refractivity contribution in [2.75, 3.05) is 20.2 Å². The molecule has 1 fully saturated rings. The minimum Gasteiger partial charge on any atom is -0.376 e. The lowest BCUT2D eigenvalue weighted by molar-refractivity contribution is -0.121. The highest BCUT2D eigenvalue weighted by Gasteiger charge is 2.21. The summed E-state index contributed by atoms with van der Waals surface area (Å²) in [4.78, 5) is 12.2. The number of carbonyl (C=O) groups excluding carboxylic acids is 1. The third-order valence-corrected chi connectivity index (χ3v) is 6.36. The van der Waals surface area contributed by atoms with Crippen LogP contribution in [-0.4, -0.2) is 40.6 Å². The summed E-state index contributed by atoms with van der Waals surface area (Å²) in [6, 6.07) is 6.59. The van der Waals surface area contributed by atoms with Gasteiger partial charge in [0.2, 0.25) is 15.9 Å². The van der Waals surface area contributed by atoms with E-state index in [1.807, 2.05) is 0 Å². The zero-order valence-electron chi connectivity index (χ0n) is 15.7. The number of hydrogen-bond donors (Lipinski definition) is 2. The second kappa shape index (κ2) is 10.0. The van der Waals surface area contributed by atoms with E-state index in [4.69, 9.17) is 4.74 Å². The van der Waals surface area contributed by atoms with Crippen LogP contribution in [0.3, 0.4) is 0 Å².